The molecule has 0 radical (unpaired) electrons. The lowest BCUT2D eigenvalue weighted by Crippen LogP contribution is -2.22. The Morgan fingerprint density at radius 3 is 2.74 bits per heavy atom. The molecule has 1 fully saturated rings. The highest BCUT2D eigenvalue weighted by Gasteiger charge is 2.21. The Bertz CT molecular complexity index is 427. The van der Waals surface area contributed by atoms with Crippen LogP contribution in [0.2, 0.25) is 0 Å². The minimum Gasteiger partial charge on any atom is -0.493 e. The molecule has 0 aliphatic heterocycles. The third-order valence-corrected chi connectivity index (χ3v) is 3.94. The molecule has 19 heavy (non-hydrogen) atoms. The van der Waals surface area contributed by atoms with E-state index in [0.29, 0.717) is 6.04 Å². The van der Waals surface area contributed by atoms with Crippen molar-refractivity contribution >= 4 is 15.9 Å². The summed E-state index contributed by atoms with van der Waals surface area (Å²) < 4.78 is 7.17. The van der Waals surface area contributed by atoms with E-state index >= 15 is 0 Å². The van der Waals surface area contributed by atoms with Gasteiger partial charge in [-0.2, -0.15) is 0 Å². The smallest absolute Gasteiger partial charge is 0.126 e. The van der Waals surface area contributed by atoms with Gasteiger partial charge in [-0.25, -0.2) is 0 Å². The van der Waals surface area contributed by atoms with Gasteiger partial charge >= 0.3 is 0 Å². The second-order valence-electron chi connectivity index (χ2n) is 5.83. The zero-order chi connectivity index (χ0) is 13.8. The zero-order valence-corrected chi connectivity index (χ0v) is 13.7. The molecule has 0 heterocycles. The number of halogens is 1. The summed E-state index contributed by atoms with van der Waals surface area (Å²) in [7, 11) is 0. The summed E-state index contributed by atoms with van der Waals surface area (Å²) in [5.74, 6) is 1.99. The summed E-state index contributed by atoms with van der Waals surface area (Å²) >= 11 is 3.57. The SMILES string of the molecule is Cc1cc(Br)cc(CNC(C)C)c1OCCC1CC1. The Labute approximate surface area is 125 Å². The van der Waals surface area contributed by atoms with E-state index in [2.05, 4.69) is 54.2 Å². The molecule has 1 aliphatic rings. The monoisotopic (exact) mass is 325 g/mol. The molecule has 0 bridgehead atoms. The van der Waals surface area contributed by atoms with E-state index < -0.39 is 0 Å². The van der Waals surface area contributed by atoms with Crippen molar-refractivity contribution in [1.82, 2.24) is 5.32 Å². The summed E-state index contributed by atoms with van der Waals surface area (Å²) in [6.45, 7) is 8.16. The maximum absolute atomic E-state index is 6.05. The van der Waals surface area contributed by atoms with Crippen molar-refractivity contribution in [2.45, 2.75) is 52.6 Å². The van der Waals surface area contributed by atoms with Crippen LogP contribution >= 0.6 is 15.9 Å². The lowest BCUT2D eigenvalue weighted by atomic mass is 10.1. The molecule has 0 unspecified atom stereocenters. The molecule has 0 spiro atoms. The normalized spacial score (nSPS) is 15.0. The van der Waals surface area contributed by atoms with E-state index in [9.17, 15) is 0 Å². The van der Waals surface area contributed by atoms with E-state index in [-0.39, 0.29) is 0 Å². The first kappa shape index (κ1) is 14.9. The molecule has 2 rings (SSSR count). The van der Waals surface area contributed by atoms with Crippen molar-refractivity contribution in [2.24, 2.45) is 5.92 Å². The van der Waals surface area contributed by atoms with Gasteiger partial charge in [0.25, 0.3) is 0 Å². The molecule has 106 valence electrons. The predicted octanol–water partition coefficient (Wildman–Crippen LogP) is 4.43. The van der Waals surface area contributed by atoms with E-state index in [1.54, 1.807) is 0 Å². The molecular weight excluding hydrogens is 302 g/mol. The van der Waals surface area contributed by atoms with Gasteiger partial charge in [-0.3, -0.25) is 0 Å². The van der Waals surface area contributed by atoms with Gasteiger partial charge in [0, 0.05) is 22.6 Å². The summed E-state index contributed by atoms with van der Waals surface area (Å²) in [5.41, 5.74) is 2.46. The summed E-state index contributed by atoms with van der Waals surface area (Å²) in [6, 6.07) is 4.78. The van der Waals surface area contributed by atoms with Crippen LogP contribution in [-0.4, -0.2) is 12.6 Å². The highest BCUT2D eigenvalue weighted by atomic mass is 79.9. The molecular formula is C16H24BrNO. The van der Waals surface area contributed by atoms with Gasteiger partial charge in [0.05, 0.1) is 6.61 Å². The number of rotatable bonds is 7. The van der Waals surface area contributed by atoms with Crippen LogP contribution in [0.4, 0.5) is 0 Å². The zero-order valence-electron chi connectivity index (χ0n) is 12.1. The van der Waals surface area contributed by atoms with E-state index in [0.717, 1.165) is 29.3 Å². The molecule has 1 aliphatic carbocycles. The number of benzene rings is 1. The van der Waals surface area contributed by atoms with Gasteiger partial charge in [0.15, 0.2) is 0 Å². The number of aryl methyl sites for hydroxylation is 1. The first-order valence-corrected chi connectivity index (χ1v) is 8.00. The molecule has 0 saturated heterocycles. The average Bonchev–Trinajstić information content (AvgIpc) is 3.13. The molecule has 2 nitrogen and oxygen atoms in total. The maximum atomic E-state index is 6.05. The molecule has 1 N–H and O–H groups in total. The Hall–Kier alpha value is -0.540. The number of nitrogens with one attached hydrogen (secondary N) is 1. The van der Waals surface area contributed by atoms with Crippen LogP contribution in [0.3, 0.4) is 0 Å². The van der Waals surface area contributed by atoms with Crippen molar-refractivity contribution < 1.29 is 4.74 Å². The Kier molecular flexibility index (Phi) is 5.28. The highest BCUT2D eigenvalue weighted by Crippen LogP contribution is 2.33. The highest BCUT2D eigenvalue weighted by molar-refractivity contribution is 9.10. The van der Waals surface area contributed by atoms with Crippen molar-refractivity contribution in [3.63, 3.8) is 0 Å². The van der Waals surface area contributed by atoms with E-state index in [1.165, 1.54) is 30.4 Å². The summed E-state index contributed by atoms with van der Waals surface area (Å²) in [5, 5.41) is 3.47. The molecule has 1 saturated carbocycles. The summed E-state index contributed by atoms with van der Waals surface area (Å²) in [6.07, 6.45) is 3.99. The van der Waals surface area contributed by atoms with Crippen LogP contribution in [0, 0.1) is 12.8 Å². The molecule has 3 heteroatoms. The van der Waals surface area contributed by atoms with Gasteiger partial charge in [-0.05, 0) is 37.0 Å². The second kappa shape index (κ2) is 6.76. The van der Waals surface area contributed by atoms with E-state index in [1.807, 2.05) is 0 Å². The van der Waals surface area contributed by atoms with Gasteiger partial charge in [-0.15, -0.1) is 0 Å². The fourth-order valence-corrected chi connectivity index (χ4v) is 2.81. The number of ether oxygens (including phenoxy) is 1. The van der Waals surface area contributed by atoms with Gasteiger partial charge < -0.3 is 10.1 Å². The van der Waals surface area contributed by atoms with Crippen LogP contribution in [0.15, 0.2) is 16.6 Å². The molecule has 0 amide bonds. The van der Waals surface area contributed by atoms with Gasteiger partial charge in [0.2, 0.25) is 0 Å². The van der Waals surface area contributed by atoms with Crippen LogP contribution in [-0.2, 0) is 6.54 Å². The first-order chi connectivity index (χ1) is 9.06. The van der Waals surface area contributed by atoms with E-state index in [4.69, 9.17) is 4.74 Å². The number of hydrogen-bond acceptors (Lipinski definition) is 2. The predicted molar refractivity (Wildman–Crippen MR) is 83.7 cm³/mol. The van der Waals surface area contributed by atoms with Gasteiger partial charge in [0.1, 0.15) is 5.75 Å². The average molecular weight is 326 g/mol. The quantitative estimate of drug-likeness (QED) is 0.800. The lowest BCUT2D eigenvalue weighted by molar-refractivity contribution is 0.296. The lowest BCUT2D eigenvalue weighted by Gasteiger charge is -2.16. The van der Waals surface area contributed by atoms with Crippen LogP contribution < -0.4 is 10.1 Å². The van der Waals surface area contributed by atoms with Crippen LogP contribution in [0.1, 0.15) is 44.2 Å². The fourth-order valence-electron chi connectivity index (χ4n) is 2.19. The maximum Gasteiger partial charge on any atom is 0.126 e. The minimum atomic E-state index is 0.485. The molecule has 1 aromatic rings. The summed E-state index contributed by atoms with van der Waals surface area (Å²) in [4.78, 5) is 0. The van der Waals surface area contributed by atoms with Crippen molar-refractivity contribution in [2.75, 3.05) is 6.61 Å². The minimum absolute atomic E-state index is 0.485. The van der Waals surface area contributed by atoms with Crippen LogP contribution in [0.5, 0.6) is 5.75 Å². The van der Waals surface area contributed by atoms with Crippen molar-refractivity contribution in [3.05, 3.63) is 27.7 Å². The number of hydrogen-bond donors (Lipinski definition) is 1. The Morgan fingerprint density at radius 2 is 2.11 bits per heavy atom. The Morgan fingerprint density at radius 1 is 1.37 bits per heavy atom. The van der Waals surface area contributed by atoms with Crippen molar-refractivity contribution in [3.8, 4) is 5.75 Å². The molecule has 1 aromatic carbocycles. The second-order valence-corrected chi connectivity index (χ2v) is 6.74. The third kappa shape index (κ3) is 4.81. The van der Waals surface area contributed by atoms with Crippen LogP contribution in [0.25, 0.3) is 0 Å². The standard InChI is InChI=1S/C16H24BrNO/c1-11(2)18-10-14-9-15(17)8-12(3)16(14)19-7-6-13-4-5-13/h8-9,11,13,18H,4-7,10H2,1-3H3. The first-order valence-electron chi connectivity index (χ1n) is 7.21. The fraction of sp³-hybridized carbons (Fsp3) is 0.625. The van der Waals surface area contributed by atoms with Crippen molar-refractivity contribution in [1.29, 1.82) is 0 Å². The largest absolute Gasteiger partial charge is 0.493 e. The Balaban J connectivity index is 2.03. The van der Waals surface area contributed by atoms with Gasteiger partial charge in [-0.1, -0.05) is 42.6 Å². The molecule has 0 atom stereocenters. The third-order valence-electron chi connectivity index (χ3n) is 3.49. The topological polar surface area (TPSA) is 21.3 Å². The molecule has 0 aromatic heterocycles.